The molecule has 96 valence electrons. The molecule has 5 nitrogen and oxygen atoms in total. The molecule has 0 aliphatic rings. The fourth-order valence-electron chi connectivity index (χ4n) is 1.90. The summed E-state index contributed by atoms with van der Waals surface area (Å²) < 4.78 is 1.72. The number of para-hydroxylation sites is 1. The van der Waals surface area contributed by atoms with E-state index in [0.717, 1.165) is 36.6 Å². The van der Waals surface area contributed by atoms with Crippen LogP contribution < -0.4 is 5.73 Å². The van der Waals surface area contributed by atoms with E-state index in [-0.39, 0.29) is 0 Å². The summed E-state index contributed by atoms with van der Waals surface area (Å²) in [5.41, 5.74) is 8.94. The van der Waals surface area contributed by atoms with Crippen molar-refractivity contribution in [1.29, 1.82) is 0 Å². The Morgan fingerprint density at radius 3 is 2.67 bits per heavy atom. The molecule has 1 aromatic carbocycles. The minimum atomic E-state index is 0.790. The van der Waals surface area contributed by atoms with Gasteiger partial charge in [0.1, 0.15) is 0 Å². The number of hydrogen-bond donors (Lipinski definition) is 1. The summed E-state index contributed by atoms with van der Waals surface area (Å²) in [7, 11) is 1.88. The Morgan fingerprint density at radius 1 is 1.28 bits per heavy atom. The Balaban J connectivity index is 2.04. The molecule has 0 saturated carbocycles. The molecular weight excluding hydrogens is 226 g/mol. The highest BCUT2D eigenvalue weighted by Gasteiger charge is 2.08. The second kappa shape index (κ2) is 5.64. The van der Waals surface area contributed by atoms with Crippen LogP contribution >= 0.6 is 0 Å². The Labute approximate surface area is 107 Å². The lowest BCUT2D eigenvalue weighted by atomic mass is 10.1. The number of anilines is 1. The van der Waals surface area contributed by atoms with Crippen LogP contribution in [0.4, 0.5) is 5.69 Å². The van der Waals surface area contributed by atoms with Gasteiger partial charge in [0.2, 0.25) is 0 Å². The molecule has 2 rings (SSSR count). The standard InChI is InChI=1S/C13H19N5/c1-3-18(10-12-9-17(2)16-15-12)8-11-6-4-5-7-13(11)14/h4-7,9H,3,8,10,14H2,1-2H3. The van der Waals surface area contributed by atoms with Crippen LogP contribution in [-0.4, -0.2) is 26.4 Å². The minimum Gasteiger partial charge on any atom is -0.398 e. The topological polar surface area (TPSA) is 60.0 Å². The van der Waals surface area contributed by atoms with E-state index in [1.54, 1.807) is 4.68 Å². The van der Waals surface area contributed by atoms with Crippen LogP contribution in [-0.2, 0) is 20.1 Å². The number of aromatic nitrogens is 3. The quantitative estimate of drug-likeness (QED) is 0.809. The molecule has 0 atom stereocenters. The van der Waals surface area contributed by atoms with Gasteiger partial charge in [-0.15, -0.1) is 5.10 Å². The SMILES string of the molecule is CCN(Cc1cn(C)nn1)Cc1ccccc1N. The van der Waals surface area contributed by atoms with Gasteiger partial charge in [-0.2, -0.15) is 0 Å². The number of benzene rings is 1. The van der Waals surface area contributed by atoms with Crippen LogP contribution in [0.3, 0.4) is 0 Å². The number of hydrogen-bond acceptors (Lipinski definition) is 4. The molecule has 0 unspecified atom stereocenters. The smallest absolute Gasteiger partial charge is 0.0967 e. The van der Waals surface area contributed by atoms with Crippen molar-refractivity contribution in [2.75, 3.05) is 12.3 Å². The summed E-state index contributed by atoms with van der Waals surface area (Å²) in [4.78, 5) is 2.29. The predicted molar refractivity (Wildman–Crippen MR) is 71.6 cm³/mol. The zero-order valence-electron chi connectivity index (χ0n) is 10.9. The number of nitrogens with two attached hydrogens (primary N) is 1. The van der Waals surface area contributed by atoms with Crippen LogP contribution in [0.25, 0.3) is 0 Å². The fraction of sp³-hybridized carbons (Fsp3) is 0.385. The van der Waals surface area contributed by atoms with E-state index in [0.29, 0.717) is 0 Å². The van der Waals surface area contributed by atoms with Crippen molar-refractivity contribution >= 4 is 5.69 Å². The fourth-order valence-corrected chi connectivity index (χ4v) is 1.90. The molecule has 0 spiro atoms. The van der Waals surface area contributed by atoms with Crippen molar-refractivity contribution in [2.24, 2.45) is 7.05 Å². The van der Waals surface area contributed by atoms with Crippen molar-refractivity contribution in [3.05, 3.63) is 41.7 Å². The molecule has 1 heterocycles. The molecule has 0 radical (unpaired) electrons. The molecule has 0 amide bonds. The van der Waals surface area contributed by atoms with Gasteiger partial charge >= 0.3 is 0 Å². The molecule has 0 saturated heterocycles. The summed E-state index contributed by atoms with van der Waals surface area (Å²) in [6.07, 6.45) is 1.94. The molecule has 18 heavy (non-hydrogen) atoms. The average molecular weight is 245 g/mol. The first kappa shape index (κ1) is 12.6. The van der Waals surface area contributed by atoms with E-state index in [1.807, 2.05) is 31.4 Å². The highest BCUT2D eigenvalue weighted by Crippen LogP contribution is 2.14. The molecule has 0 aliphatic carbocycles. The van der Waals surface area contributed by atoms with Gasteiger partial charge in [-0.05, 0) is 18.2 Å². The summed E-state index contributed by atoms with van der Waals surface area (Å²) in [5, 5.41) is 8.05. The molecule has 0 aliphatic heterocycles. The van der Waals surface area contributed by atoms with Gasteiger partial charge < -0.3 is 5.73 Å². The van der Waals surface area contributed by atoms with Gasteiger partial charge in [-0.25, -0.2) is 0 Å². The lowest BCUT2D eigenvalue weighted by Crippen LogP contribution is -2.23. The zero-order valence-corrected chi connectivity index (χ0v) is 10.9. The first-order valence-electron chi connectivity index (χ1n) is 6.10. The van der Waals surface area contributed by atoms with Gasteiger partial charge in [0, 0.05) is 32.0 Å². The van der Waals surface area contributed by atoms with Gasteiger partial charge in [-0.1, -0.05) is 30.3 Å². The molecule has 0 fully saturated rings. The third-order valence-corrected chi connectivity index (χ3v) is 2.93. The highest BCUT2D eigenvalue weighted by molar-refractivity contribution is 5.46. The van der Waals surface area contributed by atoms with Gasteiger partial charge in [0.15, 0.2) is 0 Å². The normalized spacial score (nSPS) is 11.1. The molecule has 2 aromatic rings. The Hall–Kier alpha value is -1.88. The molecule has 5 heteroatoms. The largest absolute Gasteiger partial charge is 0.398 e. The van der Waals surface area contributed by atoms with Gasteiger partial charge in [0.25, 0.3) is 0 Å². The van der Waals surface area contributed by atoms with Crippen LogP contribution in [0.1, 0.15) is 18.2 Å². The summed E-state index contributed by atoms with van der Waals surface area (Å²) in [5.74, 6) is 0. The second-order valence-electron chi connectivity index (χ2n) is 4.39. The van der Waals surface area contributed by atoms with E-state index < -0.39 is 0 Å². The second-order valence-corrected chi connectivity index (χ2v) is 4.39. The number of nitrogens with zero attached hydrogens (tertiary/aromatic N) is 4. The predicted octanol–water partition coefficient (Wildman–Crippen LogP) is 1.42. The van der Waals surface area contributed by atoms with Gasteiger partial charge in [0.05, 0.1) is 5.69 Å². The van der Waals surface area contributed by atoms with E-state index in [4.69, 9.17) is 5.73 Å². The van der Waals surface area contributed by atoms with Crippen LogP contribution in [0.2, 0.25) is 0 Å². The number of nitrogen functional groups attached to an aromatic ring is 1. The molecule has 1 aromatic heterocycles. The van der Waals surface area contributed by atoms with Crippen LogP contribution in [0, 0.1) is 0 Å². The Morgan fingerprint density at radius 2 is 2.06 bits per heavy atom. The Bertz CT molecular complexity index is 506. The van der Waals surface area contributed by atoms with E-state index in [2.05, 4.69) is 28.2 Å². The molecule has 0 bridgehead atoms. The minimum absolute atomic E-state index is 0.790. The maximum absolute atomic E-state index is 5.96. The van der Waals surface area contributed by atoms with E-state index in [9.17, 15) is 0 Å². The molecule has 2 N–H and O–H groups in total. The lowest BCUT2D eigenvalue weighted by molar-refractivity contribution is 0.268. The van der Waals surface area contributed by atoms with Crippen molar-refractivity contribution in [3.8, 4) is 0 Å². The van der Waals surface area contributed by atoms with Crippen molar-refractivity contribution < 1.29 is 0 Å². The maximum atomic E-state index is 5.96. The first-order valence-corrected chi connectivity index (χ1v) is 6.10. The Kier molecular flexibility index (Phi) is 3.94. The summed E-state index contributed by atoms with van der Waals surface area (Å²) in [6, 6.07) is 7.97. The monoisotopic (exact) mass is 245 g/mol. The maximum Gasteiger partial charge on any atom is 0.0967 e. The summed E-state index contributed by atoms with van der Waals surface area (Å²) >= 11 is 0. The molecular formula is C13H19N5. The van der Waals surface area contributed by atoms with Crippen LogP contribution in [0.15, 0.2) is 30.5 Å². The third-order valence-electron chi connectivity index (χ3n) is 2.93. The van der Waals surface area contributed by atoms with Gasteiger partial charge in [-0.3, -0.25) is 9.58 Å². The summed E-state index contributed by atoms with van der Waals surface area (Å²) in [6.45, 7) is 4.71. The van der Waals surface area contributed by atoms with Crippen molar-refractivity contribution in [3.63, 3.8) is 0 Å². The average Bonchev–Trinajstić information content (AvgIpc) is 2.76. The van der Waals surface area contributed by atoms with E-state index >= 15 is 0 Å². The van der Waals surface area contributed by atoms with Crippen molar-refractivity contribution in [1.82, 2.24) is 19.9 Å². The third kappa shape index (κ3) is 3.07. The first-order chi connectivity index (χ1) is 8.69. The highest BCUT2D eigenvalue weighted by atomic mass is 15.4. The number of aryl methyl sites for hydroxylation is 1. The lowest BCUT2D eigenvalue weighted by Gasteiger charge is -2.19. The van der Waals surface area contributed by atoms with Crippen LogP contribution in [0.5, 0.6) is 0 Å². The zero-order chi connectivity index (χ0) is 13.0. The number of rotatable bonds is 5. The van der Waals surface area contributed by atoms with Crippen molar-refractivity contribution in [2.45, 2.75) is 20.0 Å². The van der Waals surface area contributed by atoms with E-state index in [1.165, 1.54) is 0 Å².